The monoisotopic (exact) mass is 339 g/mol. The molecular formula is C17H23F2N3O2. The fraction of sp³-hybridized carbons (Fsp3) is 0.588. The summed E-state index contributed by atoms with van der Waals surface area (Å²) in [7, 11) is 0. The summed E-state index contributed by atoms with van der Waals surface area (Å²) in [5, 5.41) is 15.2. The Bertz CT molecular complexity index is 604. The first-order chi connectivity index (χ1) is 11.4. The van der Waals surface area contributed by atoms with E-state index in [-0.39, 0.29) is 24.4 Å². The van der Waals surface area contributed by atoms with Crippen LogP contribution in [0, 0.1) is 17.6 Å². The van der Waals surface area contributed by atoms with Crippen molar-refractivity contribution in [1.82, 2.24) is 10.6 Å². The zero-order valence-electron chi connectivity index (χ0n) is 13.7. The van der Waals surface area contributed by atoms with Gasteiger partial charge in [0.1, 0.15) is 17.3 Å². The lowest BCUT2D eigenvalue weighted by Gasteiger charge is -2.29. The summed E-state index contributed by atoms with van der Waals surface area (Å²) in [5.74, 6) is -0.885. The first-order valence-electron chi connectivity index (χ1n) is 8.31. The standard InChI is InChI=1S/C17H23F2N3O2/c1-17(10-23,11-5-6-11)21-16(24)20-12-7-8-22(9-12)15-13(18)3-2-4-14(15)19/h2-4,11-12,23H,5-10H2,1H3,(H2,20,21,24). The van der Waals surface area contributed by atoms with Crippen LogP contribution in [0.2, 0.25) is 0 Å². The maximum Gasteiger partial charge on any atom is 0.315 e. The molecule has 2 fully saturated rings. The molecule has 2 unspecified atom stereocenters. The molecule has 0 spiro atoms. The van der Waals surface area contributed by atoms with Crippen LogP contribution < -0.4 is 15.5 Å². The van der Waals surface area contributed by atoms with Crippen LogP contribution >= 0.6 is 0 Å². The zero-order chi connectivity index (χ0) is 17.3. The summed E-state index contributed by atoms with van der Waals surface area (Å²) in [5.41, 5.74) is -0.652. The highest BCUT2D eigenvalue weighted by molar-refractivity contribution is 5.75. The van der Waals surface area contributed by atoms with E-state index in [9.17, 15) is 18.7 Å². The molecule has 1 aromatic rings. The van der Waals surface area contributed by atoms with Crippen molar-refractivity contribution in [2.75, 3.05) is 24.6 Å². The van der Waals surface area contributed by atoms with Crippen molar-refractivity contribution < 1.29 is 18.7 Å². The van der Waals surface area contributed by atoms with Crippen LogP contribution in [-0.2, 0) is 0 Å². The van der Waals surface area contributed by atoms with E-state index in [0.717, 1.165) is 12.8 Å². The normalized spacial score (nSPS) is 23.0. The summed E-state index contributed by atoms with van der Waals surface area (Å²) < 4.78 is 27.7. The van der Waals surface area contributed by atoms with Crippen LogP contribution in [0.3, 0.4) is 0 Å². The molecule has 3 rings (SSSR count). The van der Waals surface area contributed by atoms with Crippen molar-refractivity contribution in [3.05, 3.63) is 29.8 Å². The summed E-state index contributed by atoms with van der Waals surface area (Å²) in [6.07, 6.45) is 2.61. The number of aliphatic hydroxyl groups is 1. The minimum Gasteiger partial charge on any atom is -0.394 e. The van der Waals surface area contributed by atoms with Crippen LogP contribution in [0.1, 0.15) is 26.2 Å². The number of hydrogen-bond acceptors (Lipinski definition) is 3. The number of carbonyl (C=O) groups is 1. The van der Waals surface area contributed by atoms with Crippen molar-refractivity contribution >= 4 is 11.7 Å². The van der Waals surface area contributed by atoms with Crippen LogP contribution in [0.5, 0.6) is 0 Å². The number of para-hydroxylation sites is 1. The number of nitrogens with zero attached hydrogens (tertiary/aromatic N) is 1. The van der Waals surface area contributed by atoms with Gasteiger partial charge in [-0.15, -0.1) is 0 Å². The van der Waals surface area contributed by atoms with E-state index in [2.05, 4.69) is 10.6 Å². The molecule has 1 aliphatic carbocycles. The van der Waals surface area contributed by atoms with Crippen LogP contribution in [0.25, 0.3) is 0 Å². The summed E-state index contributed by atoms with van der Waals surface area (Å²) in [4.78, 5) is 13.8. The predicted molar refractivity (Wildman–Crippen MR) is 86.9 cm³/mol. The molecule has 132 valence electrons. The summed E-state index contributed by atoms with van der Waals surface area (Å²) in [6, 6.07) is 3.26. The minimum atomic E-state index is -0.611. The van der Waals surface area contributed by atoms with Gasteiger partial charge in [-0.25, -0.2) is 13.6 Å². The lowest BCUT2D eigenvalue weighted by Crippen LogP contribution is -2.56. The lowest BCUT2D eigenvalue weighted by molar-refractivity contribution is 0.154. The molecular weight excluding hydrogens is 316 g/mol. The second-order valence-corrected chi connectivity index (χ2v) is 6.95. The number of aliphatic hydroxyl groups excluding tert-OH is 1. The van der Waals surface area contributed by atoms with Crippen molar-refractivity contribution in [1.29, 1.82) is 0 Å². The zero-order valence-corrected chi connectivity index (χ0v) is 13.7. The van der Waals surface area contributed by atoms with Crippen molar-refractivity contribution in [3.63, 3.8) is 0 Å². The number of hydrogen-bond donors (Lipinski definition) is 3. The third-order valence-corrected chi connectivity index (χ3v) is 4.98. The SMILES string of the molecule is CC(CO)(NC(=O)NC1CCN(c2c(F)cccc2F)C1)C1CC1. The second-order valence-electron chi connectivity index (χ2n) is 6.95. The summed E-state index contributed by atoms with van der Waals surface area (Å²) >= 11 is 0. The number of carbonyl (C=O) groups excluding carboxylic acids is 1. The maximum absolute atomic E-state index is 13.8. The quantitative estimate of drug-likeness (QED) is 0.769. The molecule has 2 aliphatic rings. The molecule has 0 aromatic heterocycles. The first-order valence-corrected chi connectivity index (χ1v) is 8.31. The van der Waals surface area contributed by atoms with Gasteiger partial charge in [-0.2, -0.15) is 0 Å². The smallest absolute Gasteiger partial charge is 0.315 e. The number of nitrogens with one attached hydrogen (secondary N) is 2. The Hall–Kier alpha value is -1.89. The Labute approximate surface area is 140 Å². The van der Waals surface area contributed by atoms with Gasteiger partial charge in [-0.05, 0) is 44.2 Å². The second kappa shape index (κ2) is 6.55. The van der Waals surface area contributed by atoms with Crippen LogP contribution in [-0.4, -0.2) is 42.4 Å². The Morgan fingerprint density at radius 1 is 1.33 bits per heavy atom. The molecule has 24 heavy (non-hydrogen) atoms. The fourth-order valence-electron chi connectivity index (χ4n) is 3.34. The van der Waals surface area contributed by atoms with Gasteiger partial charge in [0.25, 0.3) is 0 Å². The molecule has 1 saturated heterocycles. The third kappa shape index (κ3) is 3.45. The molecule has 2 atom stereocenters. The molecule has 7 heteroatoms. The number of amides is 2. The Balaban J connectivity index is 1.57. The molecule has 1 aromatic carbocycles. The number of rotatable bonds is 5. The van der Waals surface area contributed by atoms with E-state index < -0.39 is 17.2 Å². The van der Waals surface area contributed by atoms with Crippen LogP contribution in [0.4, 0.5) is 19.3 Å². The highest BCUT2D eigenvalue weighted by Gasteiger charge is 2.42. The molecule has 1 aliphatic heterocycles. The average Bonchev–Trinajstić information content (AvgIpc) is 3.30. The van der Waals surface area contributed by atoms with Gasteiger partial charge >= 0.3 is 6.03 Å². The van der Waals surface area contributed by atoms with Crippen molar-refractivity contribution in [2.45, 2.75) is 37.8 Å². The largest absolute Gasteiger partial charge is 0.394 e. The molecule has 3 N–H and O–H groups in total. The van der Waals surface area contributed by atoms with Gasteiger partial charge in [-0.3, -0.25) is 0 Å². The molecule has 0 bridgehead atoms. The fourth-order valence-corrected chi connectivity index (χ4v) is 3.34. The lowest BCUT2D eigenvalue weighted by atomic mass is 9.97. The Morgan fingerprint density at radius 3 is 2.58 bits per heavy atom. The molecule has 0 radical (unpaired) electrons. The van der Waals surface area contributed by atoms with Gasteiger partial charge in [0.15, 0.2) is 0 Å². The first kappa shape index (κ1) is 17.0. The van der Waals surface area contributed by atoms with Crippen molar-refractivity contribution in [2.24, 2.45) is 5.92 Å². The van der Waals surface area contributed by atoms with Gasteiger partial charge in [0.2, 0.25) is 0 Å². The average molecular weight is 339 g/mol. The summed E-state index contributed by atoms with van der Waals surface area (Å²) in [6.45, 7) is 2.55. The van der Waals surface area contributed by atoms with E-state index >= 15 is 0 Å². The Morgan fingerprint density at radius 2 is 2.00 bits per heavy atom. The van der Waals surface area contributed by atoms with Gasteiger partial charge in [-0.1, -0.05) is 6.07 Å². The van der Waals surface area contributed by atoms with Crippen molar-refractivity contribution in [3.8, 4) is 0 Å². The highest BCUT2D eigenvalue weighted by Crippen LogP contribution is 2.39. The van der Waals surface area contributed by atoms with E-state index in [1.165, 1.54) is 18.2 Å². The van der Waals surface area contributed by atoms with E-state index in [1.54, 1.807) is 4.90 Å². The van der Waals surface area contributed by atoms with E-state index in [4.69, 9.17) is 0 Å². The van der Waals surface area contributed by atoms with E-state index in [1.807, 2.05) is 6.92 Å². The number of halogens is 2. The molecule has 2 amide bonds. The topological polar surface area (TPSA) is 64.6 Å². The molecule has 1 saturated carbocycles. The van der Waals surface area contributed by atoms with E-state index in [0.29, 0.717) is 25.4 Å². The molecule has 1 heterocycles. The third-order valence-electron chi connectivity index (χ3n) is 4.98. The van der Waals surface area contributed by atoms with Gasteiger partial charge in [0, 0.05) is 19.1 Å². The Kier molecular flexibility index (Phi) is 4.62. The number of benzene rings is 1. The number of anilines is 1. The highest BCUT2D eigenvalue weighted by atomic mass is 19.1. The van der Waals surface area contributed by atoms with Crippen LogP contribution in [0.15, 0.2) is 18.2 Å². The van der Waals surface area contributed by atoms with Gasteiger partial charge in [0.05, 0.1) is 12.1 Å². The predicted octanol–water partition coefficient (Wildman–Crippen LogP) is 2.00. The van der Waals surface area contributed by atoms with Gasteiger partial charge < -0.3 is 20.6 Å². The maximum atomic E-state index is 13.8. The molecule has 5 nitrogen and oxygen atoms in total. The number of urea groups is 1. The minimum absolute atomic E-state index is 0.0413.